The largest absolute Gasteiger partial charge is 0.478 e. The van der Waals surface area contributed by atoms with Crippen LogP contribution in [0.15, 0.2) is 39.9 Å². The molecule has 458 valence electrons. The minimum absolute atomic E-state index is 0. The van der Waals surface area contributed by atoms with Crippen LogP contribution in [0.4, 0.5) is 0 Å². The molecule has 4 rings (SSSR count). The van der Waals surface area contributed by atoms with Gasteiger partial charge in [-0.2, -0.15) is 0 Å². The molecule has 0 saturated heterocycles. The third-order valence-corrected chi connectivity index (χ3v) is 14.1. The number of nitrogens with zero attached hydrogens (tertiary/aromatic N) is 8. The molecule has 0 aliphatic carbocycles. The molecule has 4 aliphatic heterocycles. The average Bonchev–Trinajstić information content (AvgIpc) is 3.97. The first-order valence-electron chi connectivity index (χ1n) is 28.3. The van der Waals surface area contributed by atoms with E-state index in [0.717, 1.165) is 45.7 Å². The molecule has 81 heavy (non-hydrogen) atoms. The van der Waals surface area contributed by atoms with Gasteiger partial charge in [0, 0.05) is 110 Å². The van der Waals surface area contributed by atoms with E-state index in [2.05, 4.69) is 39.9 Å². The molecule has 0 aromatic heterocycles. The first-order valence-corrected chi connectivity index (χ1v) is 28.3. The summed E-state index contributed by atoms with van der Waals surface area (Å²) in [4.78, 5) is 84.6. The molecule has 4 N–H and O–H groups in total. The van der Waals surface area contributed by atoms with Crippen LogP contribution >= 0.6 is 0 Å². The maximum atomic E-state index is 11.9. The van der Waals surface area contributed by atoms with Crippen molar-refractivity contribution < 1.29 is 39.6 Å². The predicted molar refractivity (Wildman–Crippen MR) is 340 cm³/mol. The van der Waals surface area contributed by atoms with Crippen molar-refractivity contribution in [2.24, 2.45) is 105 Å². The van der Waals surface area contributed by atoms with Crippen LogP contribution in [0.2, 0.25) is 0 Å². The molecule has 0 amide bonds. The van der Waals surface area contributed by atoms with Crippen molar-refractivity contribution in [3.8, 4) is 0 Å². The molecule has 16 nitrogen and oxygen atoms in total. The monoisotopic (exact) mass is 1210 g/mol. The molecule has 2 radical (unpaired) electrons. The maximum absolute atomic E-state index is 11.9. The Morgan fingerprint density at radius 1 is 0.222 bits per heavy atom. The normalized spacial score (nSPS) is 19.4. The van der Waals surface area contributed by atoms with E-state index in [1.165, 1.54) is 0 Å². The van der Waals surface area contributed by atoms with Crippen LogP contribution in [0.1, 0.15) is 249 Å². The Bertz CT molecular complexity index is 2180. The molecule has 0 atom stereocenters. The van der Waals surface area contributed by atoms with Crippen molar-refractivity contribution in [3.05, 3.63) is 0 Å². The van der Waals surface area contributed by atoms with Crippen molar-refractivity contribution in [1.82, 2.24) is 0 Å². The zero-order valence-corrected chi connectivity index (χ0v) is 61.2. The van der Waals surface area contributed by atoms with Gasteiger partial charge in [-0.1, -0.05) is 249 Å². The molecule has 4 heterocycles. The molecule has 0 saturated carbocycles. The number of carbonyl (C=O) groups is 4. The van der Waals surface area contributed by atoms with E-state index in [1.54, 1.807) is 0 Å². The Morgan fingerprint density at radius 3 is 0.333 bits per heavy atom. The van der Waals surface area contributed by atoms with Crippen molar-refractivity contribution in [2.45, 2.75) is 272 Å². The predicted octanol–water partition coefficient (Wildman–Crippen LogP) is 14.8. The second-order valence-corrected chi connectivity index (χ2v) is 34.6. The number of hydrogen-bond acceptors (Lipinski definition) is 12. The minimum Gasteiger partial charge on any atom is -0.478 e. The van der Waals surface area contributed by atoms with Gasteiger partial charge in [0.15, 0.2) is 0 Å². The number of aliphatic carboxylic acids is 4. The second-order valence-electron chi connectivity index (χ2n) is 34.6. The van der Waals surface area contributed by atoms with Crippen LogP contribution in [-0.4, -0.2) is 158 Å². The summed E-state index contributed by atoms with van der Waals surface area (Å²) in [6, 6.07) is 0. The van der Waals surface area contributed by atoms with Gasteiger partial charge >= 0.3 is 23.9 Å². The fourth-order valence-electron chi connectivity index (χ4n) is 9.01. The van der Waals surface area contributed by atoms with Gasteiger partial charge in [0.1, 0.15) is 0 Å². The summed E-state index contributed by atoms with van der Waals surface area (Å²) < 4.78 is 0. The molecular weight excluding hydrogens is 1100 g/mol. The molecule has 0 spiro atoms. The average molecular weight is 1210 g/mol. The molecule has 0 fully saturated rings. The smallest absolute Gasteiger partial charge is 0.354 e. The Hall–Kier alpha value is -3.28. The number of rotatable bonds is 4. The van der Waals surface area contributed by atoms with E-state index in [9.17, 15) is 39.6 Å². The maximum Gasteiger partial charge on any atom is 0.354 e. The first kappa shape index (κ1) is 77.7. The Kier molecular flexibility index (Phi) is 22.6. The van der Waals surface area contributed by atoms with Gasteiger partial charge in [-0.05, 0) is 0 Å². The van der Waals surface area contributed by atoms with E-state index >= 15 is 0 Å². The Morgan fingerprint density at radius 2 is 0.296 bits per heavy atom. The van der Waals surface area contributed by atoms with E-state index in [1.807, 2.05) is 249 Å². The SMILES string of the molecule is CC(C)(C)C1=NC(C(=O)O)(C(C)(C)C)N=C1C(C)(C)C.CC(C)(C)C1=NC(C(=O)O)(C(C)(C)C)N=C1C(C)(C)C.CC(C)(C)C1=NC(C(=O)O)(C(C)(C)C)N=C1C(C)(C)C.CC(C)(C)C1=NC(C(=O)O)(C(C)(C)C)N=C1C(C)(C)C.[Sr]. The second kappa shape index (κ2) is 23.5. The van der Waals surface area contributed by atoms with Crippen molar-refractivity contribution in [3.63, 3.8) is 0 Å². The Balaban J connectivity index is 0.00000105. The van der Waals surface area contributed by atoms with Crippen molar-refractivity contribution >= 4 is 115 Å². The van der Waals surface area contributed by atoms with Crippen LogP contribution in [0.5, 0.6) is 0 Å². The fourth-order valence-corrected chi connectivity index (χ4v) is 9.01. The van der Waals surface area contributed by atoms with Crippen LogP contribution in [0.25, 0.3) is 0 Å². The molecule has 17 heteroatoms. The van der Waals surface area contributed by atoms with E-state index in [-0.39, 0.29) is 88.8 Å². The molecule has 0 bridgehead atoms. The molecule has 0 unspecified atom stereocenters. The molecule has 4 aliphatic rings. The van der Waals surface area contributed by atoms with Gasteiger partial charge < -0.3 is 20.4 Å². The molecule has 0 aromatic carbocycles. The topological polar surface area (TPSA) is 248 Å². The summed E-state index contributed by atoms with van der Waals surface area (Å²) in [6.07, 6.45) is 0. The van der Waals surface area contributed by atoms with Crippen molar-refractivity contribution in [1.29, 1.82) is 0 Å². The first-order chi connectivity index (χ1) is 34.5. The molecule has 0 aromatic rings. The Labute approximate surface area is 527 Å². The number of carboxylic acid groups (broad SMARTS) is 4. The summed E-state index contributed by atoms with van der Waals surface area (Å²) >= 11 is 0. The van der Waals surface area contributed by atoms with E-state index in [0.29, 0.717) is 0 Å². The fraction of sp³-hybridized carbons (Fsp3) is 0.812. The van der Waals surface area contributed by atoms with Gasteiger partial charge in [-0.25, -0.2) is 59.1 Å². The number of aliphatic imine (C=N–C) groups is 8. The summed E-state index contributed by atoms with van der Waals surface area (Å²) in [6.45, 7) is 71.7. The summed E-state index contributed by atoms with van der Waals surface area (Å²) in [5.74, 6) is -3.92. The summed E-state index contributed by atoms with van der Waals surface area (Å²) in [5.41, 5.74) is -3.36. The quantitative estimate of drug-likeness (QED) is 0.197. The third-order valence-electron chi connectivity index (χ3n) is 14.1. The van der Waals surface area contributed by atoms with Gasteiger partial charge in [0.2, 0.25) is 0 Å². The van der Waals surface area contributed by atoms with Crippen LogP contribution in [0, 0.1) is 65.0 Å². The minimum atomic E-state index is -1.42. The number of carboxylic acids is 4. The van der Waals surface area contributed by atoms with Gasteiger partial charge in [-0.15, -0.1) is 0 Å². The van der Waals surface area contributed by atoms with E-state index < -0.39 is 68.2 Å². The van der Waals surface area contributed by atoms with Crippen molar-refractivity contribution in [2.75, 3.05) is 0 Å². The van der Waals surface area contributed by atoms with Gasteiger partial charge in [0.25, 0.3) is 22.7 Å². The summed E-state index contributed by atoms with van der Waals surface area (Å²) in [5, 5.41) is 39.0. The number of hydrogen-bond donors (Lipinski definition) is 4. The van der Waals surface area contributed by atoms with Crippen LogP contribution in [-0.2, 0) is 19.2 Å². The van der Waals surface area contributed by atoms with Gasteiger partial charge in [0.05, 0.1) is 45.7 Å². The molecular formula is C64H112N8O8Sr. The zero-order valence-electron chi connectivity index (χ0n) is 57.7. The standard InChI is InChI=1S/4C16H28N2O2.Sr/c4*1-13(2,3)10-11(14(4,5)6)18-16(17-10,12(19)20)15(7,8)9;/h4*1-9H3,(H,19,20);. The van der Waals surface area contributed by atoms with E-state index in [4.69, 9.17) is 0 Å². The van der Waals surface area contributed by atoms with Crippen LogP contribution < -0.4 is 0 Å². The van der Waals surface area contributed by atoms with Crippen LogP contribution in [0.3, 0.4) is 0 Å². The third kappa shape index (κ3) is 16.6. The summed E-state index contributed by atoms with van der Waals surface area (Å²) in [7, 11) is 0. The zero-order chi connectivity index (χ0) is 64.6. The van der Waals surface area contributed by atoms with Gasteiger partial charge in [-0.3, -0.25) is 0 Å².